The lowest BCUT2D eigenvalue weighted by Crippen LogP contribution is -2.20. The van der Waals surface area contributed by atoms with Gasteiger partial charge in [-0.05, 0) is 31.0 Å². The molecule has 0 aliphatic carbocycles. The Balaban J connectivity index is 2.79. The molecule has 0 aliphatic rings. The molecule has 110 valence electrons. The largest absolute Gasteiger partial charge is 0.495 e. The summed E-state index contributed by atoms with van der Waals surface area (Å²) in [5.41, 5.74) is 2.11. The first kappa shape index (κ1) is 16.9. The van der Waals surface area contributed by atoms with E-state index in [1.807, 2.05) is 17.8 Å². The van der Waals surface area contributed by atoms with Gasteiger partial charge in [0, 0.05) is 25.3 Å². The van der Waals surface area contributed by atoms with Gasteiger partial charge in [0.2, 0.25) is 0 Å². The summed E-state index contributed by atoms with van der Waals surface area (Å²) in [6.45, 7) is 2.06. The van der Waals surface area contributed by atoms with Crippen molar-refractivity contribution in [1.82, 2.24) is 4.90 Å². The summed E-state index contributed by atoms with van der Waals surface area (Å²) >= 11 is 1.86. The van der Waals surface area contributed by atoms with Crippen LogP contribution in [0.3, 0.4) is 0 Å². The summed E-state index contributed by atoms with van der Waals surface area (Å²) < 4.78 is 5.32. The molecule has 0 aromatic heterocycles. The summed E-state index contributed by atoms with van der Waals surface area (Å²) in [5.74, 6) is 7.93. The van der Waals surface area contributed by atoms with Crippen molar-refractivity contribution in [3.63, 3.8) is 0 Å². The monoisotopic (exact) mass is 293 g/mol. The Labute approximate surface area is 126 Å². The zero-order valence-electron chi connectivity index (χ0n) is 12.5. The number of hydrogen-bond acceptors (Lipinski definition) is 4. The molecule has 0 saturated carbocycles. The highest BCUT2D eigenvalue weighted by Gasteiger charge is 2.04. The zero-order chi connectivity index (χ0) is 14.8. The molecule has 0 fully saturated rings. The van der Waals surface area contributed by atoms with Crippen molar-refractivity contribution in [3.05, 3.63) is 29.3 Å². The third-order valence-corrected chi connectivity index (χ3v) is 3.44. The number of rotatable bonds is 7. The van der Waals surface area contributed by atoms with E-state index in [9.17, 15) is 0 Å². The molecular formula is C16H23NO2S. The van der Waals surface area contributed by atoms with E-state index in [1.165, 1.54) is 5.56 Å². The molecule has 0 amide bonds. The van der Waals surface area contributed by atoms with Gasteiger partial charge in [0.25, 0.3) is 0 Å². The van der Waals surface area contributed by atoms with Crippen molar-refractivity contribution >= 4 is 11.8 Å². The lowest BCUT2D eigenvalue weighted by Gasteiger charge is -2.16. The van der Waals surface area contributed by atoms with Crippen LogP contribution in [-0.4, -0.2) is 49.3 Å². The van der Waals surface area contributed by atoms with E-state index in [4.69, 9.17) is 9.84 Å². The number of thioether (sulfide) groups is 1. The topological polar surface area (TPSA) is 32.7 Å². The minimum Gasteiger partial charge on any atom is -0.495 e. The minimum atomic E-state index is 0.0897. The van der Waals surface area contributed by atoms with Crippen molar-refractivity contribution < 1.29 is 9.84 Å². The number of methoxy groups -OCH3 is 1. The molecule has 3 nitrogen and oxygen atoms in total. The van der Waals surface area contributed by atoms with Gasteiger partial charge in [-0.25, -0.2) is 0 Å². The maximum absolute atomic E-state index is 8.78. The predicted molar refractivity (Wildman–Crippen MR) is 86.3 cm³/mol. The number of ether oxygens (including phenoxy) is 1. The van der Waals surface area contributed by atoms with Crippen LogP contribution in [0.4, 0.5) is 0 Å². The first-order valence-electron chi connectivity index (χ1n) is 6.65. The molecule has 0 radical (unpaired) electrons. The third-order valence-electron chi connectivity index (χ3n) is 2.85. The summed E-state index contributed by atoms with van der Waals surface area (Å²) in [7, 11) is 3.77. The van der Waals surface area contributed by atoms with Crippen LogP contribution in [0.15, 0.2) is 18.2 Å². The Morgan fingerprint density at radius 1 is 1.40 bits per heavy atom. The second-order valence-corrected chi connectivity index (χ2v) is 5.53. The van der Waals surface area contributed by atoms with Crippen LogP contribution in [0, 0.1) is 11.8 Å². The van der Waals surface area contributed by atoms with Gasteiger partial charge in [0.05, 0.1) is 19.3 Å². The fourth-order valence-electron chi connectivity index (χ4n) is 1.80. The molecule has 0 heterocycles. The van der Waals surface area contributed by atoms with E-state index >= 15 is 0 Å². The summed E-state index contributed by atoms with van der Waals surface area (Å²) in [5, 5.41) is 8.78. The van der Waals surface area contributed by atoms with Crippen LogP contribution in [0.1, 0.15) is 17.5 Å². The number of benzene rings is 1. The van der Waals surface area contributed by atoms with Gasteiger partial charge in [-0.3, -0.25) is 0 Å². The zero-order valence-corrected chi connectivity index (χ0v) is 13.3. The van der Waals surface area contributed by atoms with Gasteiger partial charge in [-0.1, -0.05) is 17.9 Å². The number of aliphatic hydroxyl groups excluding tert-OH is 1. The molecule has 1 aromatic carbocycles. The first-order valence-corrected chi connectivity index (χ1v) is 8.04. The Kier molecular flexibility index (Phi) is 8.20. The molecule has 0 saturated heterocycles. The van der Waals surface area contributed by atoms with Crippen molar-refractivity contribution in [2.75, 3.05) is 39.3 Å². The van der Waals surface area contributed by atoms with Gasteiger partial charge in [0.1, 0.15) is 5.75 Å². The first-order chi connectivity index (χ1) is 9.71. The van der Waals surface area contributed by atoms with Crippen molar-refractivity contribution in [2.45, 2.75) is 13.0 Å². The van der Waals surface area contributed by atoms with Crippen LogP contribution in [0.25, 0.3) is 0 Å². The highest BCUT2D eigenvalue weighted by Crippen LogP contribution is 2.19. The van der Waals surface area contributed by atoms with Gasteiger partial charge in [-0.15, -0.1) is 0 Å². The molecule has 0 aliphatic heterocycles. The number of nitrogens with zero attached hydrogens (tertiary/aromatic N) is 1. The molecule has 1 aromatic rings. The molecule has 4 heteroatoms. The average Bonchev–Trinajstić information content (AvgIpc) is 2.46. The smallest absolute Gasteiger partial charge is 0.134 e. The van der Waals surface area contributed by atoms with Gasteiger partial charge < -0.3 is 14.7 Å². The highest BCUT2D eigenvalue weighted by atomic mass is 32.2. The SMILES string of the molecule is COc1ccc(CN(C)CCSC)cc1C#CCCO. The Hall–Kier alpha value is -1.15. The molecular weight excluding hydrogens is 270 g/mol. The summed E-state index contributed by atoms with van der Waals surface area (Å²) in [4.78, 5) is 2.29. The quantitative estimate of drug-likeness (QED) is 0.782. The fraction of sp³-hybridized carbons (Fsp3) is 0.500. The van der Waals surface area contributed by atoms with E-state index in [2.05, 4.69) is 42.2 Å². The lowest BCUT2D eigenvalue weighted by atomic mass is 10.1. The molecule has 0 unspecified atom stereocenters. The van der Waals surface area contributed by atoms with Gasteiger partial charge in [0.15, 0.2) is 0 Å². The fourth-order valence-corrected chi connectivity index (χ4v) is 2.30. The number of hydrogen-bond donors (Lipinski definition) is 1. The molecule has 1 N–H and O–H groups in total. The Bertz CT molecular complexity index is 465. The maximum atomic E-state index is 8.78. The van der Waals surface area contributed by atoms with Gasteiger partial charge >= 0.3 is 0 Å². The number of aliphatic hydroxyl groups is 1. The van der Waals surface area contributed by atoms with Crippen LogP contribution in [0.2, 0.25) is 0 Å². The van der Waals surface area contributed by atoms with Crippen molar-refractivity contribution in [3.8, 4) is 17.6 Å². The minimum absolute atomic E-state index is 0.0897. The molecule has 20 heavy (non-hydrogen) atoms. The Morgan fingerprint density at radius 2 is 2.20 bits per heavy atom. The van der Waals surface area contributed by atoms with E-state index in [0.717, 1.165) is 30.2 Å². The van der Waals surface area contributed by atoms with Crippen LogP contribution < -0.4 is 4.74 Å². The maximum Gasteiger partial charge on any atom is 0.134 e. The molecule has 0 spiro atoms. The molecule has 0 atom stereocenters. The van der Waals surface area contributed by atoms with Crippen LogP contribution >= 0.6 is 11.8 Å². The standard InChI is InChI=1S/C16H23NO2S/c1-17(9-11-20-3)13-14-7-8-16(19-2)15(12-14)6-4-5-10-18/h7-8,12,18H,5,9-11,13H2,1-3H3. The second-order valence-electron chi connectivity index (χ2n) is 4.54. The molecule has 1 rings (SSSR count). The predicted octanol–water partition coefficient (Wildman–Crippen LogP) is 2.22. The van der Waals surface area contributed by atoms with Crippen molar-refractivity contribution in [2.24, 2.45) is 0 Å². The van der Waals surface area contributed by atoms with E-state index in [-0.39, 0.29) is 6.61 Å². The summed E-state index contributed by atoms with van der Waals surface area (Å²) in [6.07, 6.45) is 2.61. The molecule has 0 bridgehead atoms. The van der Waals surface area contributed by atoms with E-state index < -0.39 is 0 Å². The second kappa shape index (κ2) is 9.71. The van der Waals surface area contributed by atoms with Crippen LogP contribution in [0.5, 0.6) is 5.75 Å². The summed E-state index contributed by atoms with van der Waals surface area (Å²) in [6, 6.07) is 6.10. The normalized spacial score (nSPS) is 10.2. The van der Waals surface area contributed by atoms with Crippen molar-refractivity contribution in [1.29, 1.82) is 0 Å². The highest BCUT2D eigenvalue weighted by molar-refractivity contribution is 7.98. The van der Waals surface area contributed by atoms with Crippen LogP contribution in [-0.2, 0) is 6.54 Å². The Morgan fingerprint density at radius 3 is 2.85 bits per heavy atom. The average molecular weight is 293 g/mol. The lowest BCUT2D eigenvalue weighted by molar-refractivity contribution is 0.305. The van der Waals surface area contributed by atoms with E-state index in [0.29, 0.717) is 6.42 Å². The third kappa shape index (κ3) is 5.87. The van der Waals surface area contributed by atoms with E-state index in [1.54, 1.807) is 7.11 Å². The van der Waals surface area contributed by atoms with Gasteiger partial charge in [-0.2, -0.15) is 11.8 Å².